The van der Waals surface area contributed by atoms with Crippen LogP contribution in [-0.2, 0) is 0 Å². The summed E-state index contributed by atoms with van der Waals surface area (Å²) in [5, 5.41) is 28.5. The lowest BCUT2D eigenvalue weighted by Gasteiger charge is -2.21. The Morgan fingerprint density at radius 1 is 1.26 bits per heavy atom. The van der Waals surface area contributed by atoms with E-state index in [1.807, 2.05) is 0 Å². The van der Waals surface area contributed by atoms with E-state index in [4.69, 9.17) is 11.6 Å². The van der Waals surface area contributed by atoms with E-state index in [0.29, 0.717) is 0 Å². The van der Waals surface area contributed by atoms with Gasteiger partial charge in [0.25, 0.3) is 0 Å². The van der Waals surface area contributed by atoms with Crippen LogP contribution in [-0.4, -0.2) is 33.7 Å². The quantitative estimate of drug-likeness (QED) is 0.730. The Morgan fingerprint density at radius 3 is 2.42 bits per heavy atom. The molecule has 0 radical (unpaired) electrons. The van der Waals surface area contributed by atoms with Gasteiger partial charge in [0.05, 0.1) is 6.10 Å². The van der Waals surface area contributed by atoms with E-state index < -0.39 is 24.3 Å². The van der Waals surface area contributed by atoms with Gasteiger partial charge in [0.15, 0.2) is 0 Å². The van der Waals surface area contributed by atoms with Crippen LogP contribution in [0, 0.1) is 0 Å². The topological polar surface area (TPSA) is 69.9 Å². The Kier molecular flexibility index (Phi) is 5.28. The number of aromatic hydroxyl groups is 1. The van der Waals surface area contributed by atoms with E-state index >= 15 is 0 Å². The first kappa shape index (κ1) is 15.9. The average Bonchev–Trinajstić information content (AvgIpc) is 2.29. The van der Waals surface area contributed by atoms with E-state index in [0.717, 1.165) is 18.2 Å². The molecule has 1 aromatic carbocycles. The summed E-state index contributed by atoms with van der Waals surface area (Å²) in [4.78, 5) is 0. The third-order valence-corrected chi connectivity index (χ3v) is 2.53. The maximum Gasteiger partial charge on any atom is 0.573 e. The van der Waals surface area contributed by atoms with Gasteiger partial charge >= 0.3 is 6.36 Å². The second kappa shape index (κ2) is 6.31. The molecule has 2 atom stereocenters. The van der Waals surface area contributed by atoms with Gasteiger partial charge < -0.3 is 20.1 Å². The Labute approximate surface area is 112 Å². The van der Waals surface area contributed by atoms with Gasteiger partial charge in [-0.05, 0) is 24.6 Å². The van der Waals surface area contributed by atoms with Crippen molar-refractivity contribution < 1.29 is 33.2 Å². The number of alkyl halides is 4. The number of phenols is 1. The van der Waals surface area contributed by atoms with E-state index in [2.05, 4.69) is 4.74 Å². The summed E-state index contributed by atoms with van der Waals surface area (Å²) in [6, 6.07) is 2.73. The molecule has 0 aliphatic heterocycles. The molecule has 0 amide bonds. The van der Waals surface area contributed by atoms with Gasteiger partial charge in [-0.1, -0.05) is 0 Å². The summed E-state index contributed by atoms with van der Waals surface area (Å²) in [7, 11) is 0. The second-order valence-electron chi connectivity index (χ2n) is 3.76. The van der Waals surface area contributed by atoms with Crippen molar-refractivity contribution in [3.05, 3.63) is 23.8 Å². The van der Waals surface area contributed by atoms with Gasteiger partial charge in [-0.15, -0.1) is 24.8 Å². The number of rotatable bonds is 5. The Hall–Kier alpha value is -1.18. The fraction of sp³-hybridized carbons (Fsp3) is 0.455. The predicted octanol–water partition coefficient (Wildman–Crippen LogP) is 2.31. The molecule has 0 aliphatic carbocycles. The molecule has 0 saturated carbocycles. The summed E-state index contributed by atoms with van der Waals surface area (Å²) in [5.74, 6) is -1.03. The van der Waals surface area contributed by atoms with Gasteiger partial charge in [-0.3, -0.25) is 0 Å². The molecule has 19 heavy (non-hydrogen) atoms. The van der Waals surface area contributed by atoms with Gasteiger partial charge in [0.2, 0.25) is 0 Å². The van der Waals surface area contributed by atoms with Crippen LogP contribution in [0.2, 0.25) is 0 Å². The number of phenolic OH excluding ortho intramolecular Hbond substituents is 1. The summed E-state index contributed by atoms with van der Waals surface area (Å²) in [6.07, 6.45) is -7.98. The molecule has 3 N–H and O–H groups in total. The summed E-state index contributed by atoms with van der Waals surface area (Å²) in [5.41, 5.74) is -0.366. The van der Waals surface area contributed by atoms with Crippen molar-refractivity contribution in [1.29, 1.82) is 0 Å². The van der Waals surface area contributed by atoms with Crippen molar-refractivity contribution in [2.24, 2.45) is 0 Å². The summed E-state index contributed by atoms with van der Waals surface area (Å²) >= 11 is 5.37. The number of halogens is 4. The molecule has 4 nitrogen and oxygen atoms in total. The summed E-state index contributed by atoms with van der Waals surface area (Å²) < 4.78 is 40.3. The molecule has 8 heteroatoms. The molecular formula is C11H12ClF3O4. The maximum absolute atomic E-state index is 12.2. The fourth-order valence-corrected chi connectivity index (χ4v) is 1.69. The maximum atomic E-state index is 12.2. The molecule has 0 heterocycles. The molecule has 1 rings (SSSR count). The van der Waals surface area contributed by atoms with Crippen LogP contribution in [0.4, 0.5) is 13.2 Å². The normalized spacial score (nSPS) is 15.1. The molecule has 0 fully saturated rings. The molecule has 0 spiro atoms. The van der Waals surface area contributed by atoms with Gasteiger partial charge in [-0.2, -0.15) is 0 Å². The van der Waals surface area contributed by atoms with Crippen LogP contribution < -0.4 is 4.74 Å². The minimum Gasteiger partial charge on any atom is -0.508 e. The Bertz CT molecular complexity index is 425. The third kappa shape index (κ3) is 4.77. The first-order valence-electron chi connectivity index (χ1n) is 5.25. The van der Waals surface area contributed by atoms with Crippen molar-refractivity contribution in [3.8, 4) is 11.5 Å². The van der Waals surface area contributed by atoms with Crippen LogP contribution in [0.15, 0.2) is 18.2 Å². The minimum absolute atomic E-state index is 0.0203. The van der Waals surface area contributed by atoms with E-state index in [1.54, 1.807) is 0 Å². The highest BCUT2D eigenvalue weighted by Crippen LogP contribution is 2.34. The van der Waals surface area contributed by atoms with Crippen LogP contribution >= 0.6 is 11.6 Å². The zero-order valence-corrected chi connectivity index (χ0v) is 10.3. The number of ether oxygens (including phenoxy) is 1. The Balaban J connectivity index is 3.06. The minimum atomic E-state index is -4.94. The summed E-state index contributed by atoms with van der Waals surface area (Å²) in [6.45, 7) is 0. The van der Waals surface area contributed by atoms with Gasteiger partial charge in [-0.25, -0.2) is 0 Å². The molecule has 2 unspecified atom stereocenters. The number of aliphatic hydroxyl groups excluding tert-OH is 2. The molecule has 108 valence electrons. The predicted molar refractivity (Wildman–Crippen MR) is 61.1 cm³/mol. The molecule has 1 aromatic rings. The van der Waals surface area contributed by atoms with E-state index in [-0.39, 0.29) is 23.6 Å². The smallest absolute Gasteiger partial charge is 0.508 e. The first-order valence-corrected chi connectivity index (χ1v) is 5.79. The molecular weight excluding hydrogens is 289 g/mol. The molecule has 0 bridgehead atoms. The van der Waals surface area contributed by atoms with Crippen LogP contribution in [0.1, 0.15) is 18.1 Å². The third-order valence-electron chi connectivity index (χ3n) is 2.31. The van der Waals surface area contributed by atoms with Crippen LogP contribution in [0.25, 0.3) is 0 Å². The lowest BCUT2D eigenvalue weighted by atomic mass is 10.0. The lowest BCUT2D eigenvalue weighted by Crippen LogP contribution is -2.22. The number of benzene rings is 1. The molecule has 0 aromatic heterocycles. The fourth-order valence-electron chi connectivity index (χ4n) is 1.46. The number of hydrogen-bond donors (Lipinski definition) is 3. The SMILES string of the molecule is Oc1ccc(OC(F)(F)F)c(C(O)C(O)CCCl)c1. The van der Waals surface area contributed by atoms with Crippen LogP contribution in [0.5, 0.6) is 11.5 Å². The highest BCUT2D eigenvalue weighted by atomic mass is 35.5. The molecule has 0 aliphatic rings. The monoisotopic (exact) mass is 300 g/mol. The number of aliphatic hydroxyl groups is 2. The number of hydrogen-bond acceptors (Lipinski definition) is 4. The van der Waals surface area contributed by atoms with Crippen molar-refractivity contribution in [3.63, 3.8) is 0 Å². The van der Waals surface area contributed by atoms with Crippen molar-refractivity contribution in [1.82, 2.24) is 0 Å². The van der Waals surface area contributed by atoms with E-state index in [9.17, 15) is 28.5 Å². The first-order chi connectivity index (χ1) is 8.74. The Morgan fingerprint density at radius 2 is 1.89 bits per heavy atom. The standard InChI is InChI=1S/C11H12ClF3O4/c12-4-3-8(17)10(18)7-5-6(16)1-2-9(7)19-11(13,14)15/h1-2,5,8,10,16-18H,3-4H2. The highest BCUT2D eigenvalue weighted by Gasteiger charge is 2.33. The van der Waals surface area contributed by atoms with Crippen molar-refractivity contribution >= 4 is 11.6 Å². The largest absolute Gasteiger partial charge is 0.573 e. The second-order valence-corrected chi connectivity index (χ2v) is 4.14. The van der Waals surface area contributed by atoms with E-state index in [1.165, 1.54) is 0 Å². The zero-order chi connectivity index (χ0) is 14.6. The lowest BCUT2D eigenvalue weighted by molar-refractivity contribution is -0.275. The highest BCUT2D eigenvalue weighted by molar-refractivity contribution is 6.17. The van der Waals surface area contributed by atoms with Crippen LogP contribution in [0.3, 0.4) is 0 Å². The molecule has 0 saturated heterocycles. The van der Waals surface area contributed by atoms with Crippen molar-refractivity contribution in [2.75, 3.05) is 5.88 Å². The van der Waals surface area contributed by atoms with Gasteiger partial charge in [0, 0.05) is 11.4 Å². The van der Waals surface area contributed by atoms with Crippen molar-refractivity contribution in [2.45, 2.75) is 25.0 Å². The zero-order valence-electron chi connectivity index (χ0n) is 9.56. The van der Waals surface area contributed by atoms with Gasteiger partial charge in [0.1, 0.15) is 17.6 Å². The average molecular weight is 301 g/mol.